The van der Waals surface area contributed by atoms with Crippen molar-refractivity contribution in [3.05, 3.63) is 59.2 Å². The zero-order chi connectivity index (χ0) is 15.2. The maximum atomic E-state index is 6.40. The van der Waals surface area contributed by atoms with E-state index in [0.717, 1.165) is 29.0 Å². The number of methoxy groups -OCH3 is 1. The minimum atomic E-state index is -0.0986. The van der Waals surface area contributed by atoms with Gasteiger partial charge in [0.05, 0.1) is 13.7 Å². The van der Waals surface area contributed by atoms with Crippen LogP contribution in [0.2, 0.25) is 0 Å². The molecule has 0 aliphatic heterocycles. The number of nitrogens with two attached hydrogens (primary N) is 1. The van der Waals surface area contributed by atoms with Crippen LogP contribution in [-0.4, -0.2) is 13.7 Å². The van der Waals surface area contributed by atoms with Crippen LogP contribution in [-0.2, 0) is 6.42 Å². The Morgan fingerprint density at radius 1 is 1.14 bits per heavy atom. The fourth-order valence-corrected chi connectivity index (χ4v) is 2.41. The topological polar surface area (TPSA) is 44.5 Å². The first-order chi connectivity index (χ1) is 10.1. The van der Waals surface area contributed by atoms with E-state index in [4.69, 9.17) is 15.2 Å². The molecule has 0 heterocycles. The van der Waals surface area contributed by atoms with Gasteiger partial charge in [0.2, 0.25) is 0 Å². The molecule has 2 rings (SSSR count). The Morgan fingerprint density at radius 2 is 1.95 bits per heavy atom. The van der Waals surface area contributed by atoms with Gasteiger partial charge in [0.1, 0.15) is 11.5 Å². The molecule has 0 saturated heterocycles. The second kappa shape index (κ2) is 7.14. The van der Waals surface area contributed by atoms with Gasteiger partial charge in [0.15, 0.2) is 0 Å². The van der Waals surface area contributed by atoms with Crippen LogP contribution in [0.25, 0.3) is 0 Å². The van der Waals surface area contributed by atoms with Crippen molar-refractivity contribution in [1.82, 2.24) is 0 Å². The minimum Gasteiger partial charge on any atom is -0.497 e. The lowest BCUT2D eigenvalue weighted by Gasteiger charge is -2.17. The van der Waals surface area contributed by atoms with Crippen molar-refractivity contribution in [2.75, 3.05) is 13.7 Å². The first-order valence-corrected chi connectivity index (χ1v) is 7.26. The van der Waals surface area contributed by atoms with E-state index in [1.807, 2.05) is 37.3 Å². The molecule has 3 heteroatoms. The molecule has 112 valence electrons. The Bertz CT molecular complexity index is 596. The van der Waals surface area contributed by atoms with Gasteiger partial charge < -0.3 is 15.2 Å². The zero-order valence-electron chi connectivity index (χ0n) is 12.9. The molecular weight excluding hydrogens is 262 g/mol. The summed E-state index contributed by atoms with van der Waals surface area (Å²) in [5.74, 6) is 1.73. The van der Waals surface area contributed by atoms with Gasteiger partial charge in [-0.15, -0.1) is 0 Å². The predicted molar refractivity (Wildman–Crippen MR) is 86.0 cm³/mol. The third-order valence-corrected chi connectivity index (χ3v) is 3.45. The fourth-order valence-electron chi connectivity index (χ4n) is 2.41. The molecule has 0 aliphatic rings. The lowest BCUT2D eigenvalue weighted by Crippen LogP contribution is -2.15. The summed E-state index contributed by atoms with van der Waals surface area (Å²) in [5, 5.41) is 0. The highest BCUT2D eigenvalue weighted by Gasteiger charge is 2.13. The molecule has 2 aromatic carbocycles. The van der Waals surface area contributed by atoms with Crippen molar-refractivity contribution in [3.63, 3.8) is 0 Å². The summed E-state index contributed by atoms with van der Waals surface area (Å²) in [6, 6.07) is 14.1. The minimum absolute atomic E-state index is 0.0986. The van der Waals surface area contributed by atoms with Crippen LogP contribution in [0.3, 0.4) is 0 Å². The van der Waals surface area contributed by atoms with Crippen LogP contribution in [0.4, 0.5) is 0 Å². The number of hydrogen-bond acceptors (Lipinski definition) is 3. The standard InChI is InChI=1S/C18H23NO2/c1-4-21-18-9-8-13(2)10-16(18)17(19)12-14-6-5-7-15(11-14)20-3/h5-11,17H,4,12,19H2,1-3H3. The first kappa shape index (κ1) is 15.4. The lowest BCUT2D eigenvalue weighted by molar-refractivity contribution is 0.334. The Kier molecular flexibility index (Phi) is 5.23. The third-order valence-electron chi connectivity index (χ3n) is 3.45. The quantitative estimate of drug-likeness (QED) is 0.881. The Morgan fingerprint density at radius 3 is 2.67 bits per heavy atom. The lowest BCUT2D eigenvalue weighted by atomic mass is 9.97. The van der Waals surface area contributed by atoms with Crippen LogP contribution in [0.1, 0.15) is 29.7 Å². The molecule has 1 unspecified atom stereocenters. The van der Waals surface area contributed by atoms with Crippen LogP contribution < -0.4 is 15.2 Å². The normalized spacial score (nSPS) is 12.0. The van der Waals surface area contributed by atoms with Gasteiger partial charge >= 0.3 is 0 Å². The molecule has 0 radical (unpaired) electrons. The van der Waals surface area contributed by atoms with Crippen LogP contribution in [0.5, 0.6) is 11.5 Å². The Hall–Kier alpha value is -2.00. The second-order valence-electron chi connectivity index (χ2n) is 5.14. The smallest absolute Gasteiger partial charge is 0.124 e. The molecule has 21 heavy (non-hydrogen) atoms. The number of ether oxygens (including phenoxy) is 2. The summed E-state index contributed by atoms with van der Waals surface area (Å²) in [7, 11) is 1.67. The zero-order valence-corrected chi connectivity index (χ0v) is 12.9. The summed E-state index contributed by atoms with van der Waals surface area (Å²) in [6.45, 7) is 4.69. The van der Waals surface area contributed by atoms with Crippen molar-refractivity contribution >= 4 is 0 Å². The summed E-state index contributed by atoms with van der Waals surface area (Å²) >= 11 is 0. The molecule has 0 saturated carbocycles. The molecule has 0 fully saturated rings. The largest absolute Gasteiger partial charge is 0.497 e. The molecule has 0 aliphatic carbocycles. The second-order valence-corrected chi connectivity index (χ2v) is 5.14. The SMILES string of the molecule is CCOc1ccc(C)cc1C(N)Cc1cccc(OC)c1. The van der Waals surface area contributed by atoms with E-state index in [-0.39, 0.29) is 6.04 Å². The van der Waals surface area contributed by atoms with Crippen molar-refractivity contribution in [3.8, 4) is 11.5 Å². The van der Waals surface area contributed by atoms with E-state index < -0.39 is 0 Å². The number of aryl methyl sites for hydroxylation is 1. The van der Waals surface area contributed by atoms with E-state index in [9.17, 15) is 0 Å². The highest BCUT2D eigenvalue weighted by molar-refractivity contribution is 5.40. The van der Waals surface area contributed by atoms with Crippen molar-refractivity contribution in [2.24, 2.45) is 5.73 Å². The maximum Gasteiger partial charge on any atom is 0.124 e. The third kappa shape index (κ3) is 3.99. The van der Waals surface area contributed by atoms with Crippen molar-refractivity contribution < 1.29 is 9.47 Å². The Labute approximate surface area is 126 Å². The summed E-state index contributed by atoms with van der Waals surface area (Å²) in [5.41, 5.74) is 9.80. The van der Waals surface area contributed by atoms with Gasteiger partial charge in [-0.2, -0.15) is 0 Å². The molecule has 0 spiro atoms. The van der Waals surface area contributed by atoms with Gasteiger partial charge in [-0.25, -0.2) is 0 Å². The summed E-state index contributed by atoms with van der Waals surface area (Å²) < 4.78 is 10.9. The van der Waals surface area contributed by atoms with Crippen LogP contribution in [0.15, 0.2) is 42.5 Å². The summed E-state index contributed by atoms with van der Waals surface area (Å²) in [4.78, 5) is 0. The number of benzene rings is 2. The molecule has 0 amide bonds. The van der Waals surface area contributed by atoms with Gasteiger partial charge in [-0.3, -0.25) is 0 Å². The molecule has 2 aromatic rings. The number of hydrogen-bond donors (Lipinski definition) is 1. The number of rotatable bonds is 6. The van der Waals surface area contributed by atoms with E-state index in [1.165, 1.54) is 5.56 Å². The van der Waals surface area contributed by atoms with Crippen LogP contribution in [0, 0.1) is 6.92 Å². The van der Waals surface area contributed by atoms with E-state index >= 15 is 0 Å². The molecule has 2 N–H and O–H groups in total. The summed E-state index contributed by atoms with van der Waals surface area (Å²) in [6.07, 6.45) is 0.751. The first-order valence-electron chi connectivity index (χ1n) is 7.26. The van der Waals surface area contributed by atoms with E-state index in [0.29, 0.717) is 6.61 Å². The highest BCUT2D eigenvalue weighted by atomic mass is 16.5. The monoisotopic (exact) mass is 285 g/mol. The van der Waals surface area contributed by atoms with Crippen molar-refractivity contribution in [1.29, 1.82) is 0 Å². The average molecular weight is 285 g/mol. The molecule has 1 atom stereocenters. The van der Waals surface area contributed by atoms with Gasteiger partial charge in [-0.1, -0.05) is 29.8 Å². The molecule has 3 nitrogen and oxygen atoms in total. The van der Waals surface area contributed by atoms with Gasteiger partial charge in [0, 0.05) is 11.6 Å². The average Bonchev–Trinajstić information content (AvgIpc) is 2.49. The maximum absolute atomic E-state index is 6.40. The van der Waals surface area contributed by atoms with E-state index in [1.54, 1.807) is 7.11 Å². The molecule has 0 aromatic heterocycles. The molecule has 0 bridgehead atoms. The van der Waals surface area contributed by atoms with E-state index in [2.05, 4.69) is 19.1 Å². The van der Waals surface area contributed by atoms with Gasteiger partial charge in [0.25, 0.3) is 0 Å². The van der Waals surface area contributed by atoms with Crippen LogP contribution >= 0.6 is 0 Å². The molecular formula is C18H23NO2. The fraction of sp³-hybridized carbons (Fsp3) is 0.333. The predicted octanol–water partition coefficient (Wildman–Crippen LogP) is 3.64. The van der Waals surface area contributed by atoms with Gasteiger partial charge in [-0.05, 0) is 44.0 Å². The highest BCUT2D eigenvalue weighted by Crippen LogP contribution is 2.28. The van der Waals surface area contributed by atoms with Crippen molar-refractivity contribution in [2.45, 2.75) is 26.3 Å². The Balaban J connectivity index is 2.22.